The number of halogens is 1. The lowest BCUT2D eigenvalue weighted by Crippen LogP contribution is -2.07. The lowest BCUT2D eigenvalue weighted by molar-refractivity contribution is 0.617. The summed E-state index contributed by atoms with van der Waals surface area (Å²) in [7, 11) is 1.67. The van der Waals surface area contributed by atoms with Gasteiger partial charge < -0.3 is 5.32 Å². The summed E-state index contributed by atoms with van der Waals surface area (Å²) in [5, 5.41) is 3.47. The highest BCUT2D eigenvalue weighted by atomic mass is 19.2. The predicted octanol–water partition coefficient (Wildman–Crippen LogP) is 7.46. The molecule has 0 bridgehead atoms. The fraction of sp³-hybridized carbons (Fsp3) is 0.458. The standard InChI is InChI=1S/C24H36FN3/c1-7-9-10-12-20(11-8-2)15-23(18(3)4)19(5)27-22-14-13-21(17-26-6)24(16-22)28-25/h9-11,13-14,16-18,27-28H,7-8,12,15H2,1-6H3/b10-9-,20-11+,23-19-,26-17+. The van der Waals surface area contributed by atoms with Crippen LogP contribution < -0.4 is 10.9 Å². The summed E-state index contributed by atoms with van der Waals surface area (Å²) in [5.74, 6) is 0.424. The number of hydrogen-bond donors (Lipinski definition) is 2. The van der Waals surface area contributed by atoms with Crippen molar-refractivity contribution in [1.29, 1.82) is 0 Å². The molecule has 0 saturated carbocycles. The molecule has 0 aromatic heterocycles. The van der Waals surface area contributed by atoms with Gasteiger partial charge in [-0.15, -0.1) is 4.48 Å². The van der Waals surface area contributed by atoms with Crippen LogP contribution in [0.25, 0.3) is 0 Å². The average Bonchev–Trinajstić information content (AvgIpc) is 2.67. The lowest BCUT2D eigenvalue weighted by Gasteiger charge is -2.19. The van der Waals surface area contributed by atoms with Crippen molar-refractivity contribution < 1.29 is 4.48 Å². The Hall–Kier alpha value is -2.36. The molecule has 1 rings (SSSR count). The maximum Gasteiger partial charge on any atom is 0.0763 e. The minimum atomic E-state index is 0.408. The summed E-state index contributed by atoms with van der Waals surface area (Å²) in [6.45, 7) is 10.9. The molecule has 0 amide bonds. The van der Waals surface area contributed by atoms with Crippen LogP contribution in [0.4, 0.5) is 15.9 Å². The maximum atomic E-state index is 13.2. The molecule has 4 heteroatoms. The van der Waals surface area contributed by atoms with E-state index in [0.29, 0.717) is 11.6 Å². The van der Waals surface area contributed by atoms with Gasteiger partial charge in [-0.05, 0) is 62.3 Å². The van der Waals surface area contributed by atoms with E-state index in [1.807, 2.05) is 12.1 Å². The smallest absolute Gasteiger partial charge is 0.0763 e. The fourth-order valence-electron chi connectivity index (χ4n) is 3.20. The van der Waals surface area contributed by atoms with Gasteiger partial charge in [-0.25, -0.2) is 5.54 Å². The third kappa shape index (κ3) is 7.71. The molecule has 0 aliphatic carbocycles. The Morgan fingerprint density at radius 3 is 2.50 bits per heavy atom. The van der Waals surface area contributed by atoms with Gasteiger partial charge in [0.15, 0.2) is 0 Å². The highest BCUT2D eigenvalue weighted by Gasteiger charge is 2.11. The minimum absolute atomic E-state index is 0.408. The molecule has 28 heavy (non-hydrogen) atoms. The van der Waals surface area contributed by atoms with Crippen LogP contribution >= 0.6 is 0 Å². The molecule has 2 N–H and O–H groups in total. The Morgan fingerprint density at radius 1 is 1.18 bits per heavy atom. The second-order valence-corrected chi connectivity index (χ2v) is 7.24. The van der Waals surface area contributed by atoms with E-state index < -0.39 is 0 Å². The number of nitrogens with one attached hydrogen (secondary N) is 2. The zero-order chi connectivity index (χ0) is 20.9. The summed E-state index contributed by atoms with van der Waals surface area (Å²) < 4.78 is 13.2. The first-order chi connectivity index (χ1) is 13.5. The van der Waals surface area contributed by atoms with E-state index in [1.165, 1.54) is 11.1 Å². The number of nitrogens with zero attached hydrogens (tertiary/aromatic N) is 1. The van der Waals surface area contributed by atoms with Crippen LogP contribution in [-0.4, -0.2) is 13.3 Å². The molecule has 0 unspecified atom stereocenters. The summed E-state index contributed by atoms with van der Waals surface area (Å²) in [6, 6.07) is 5.58. The van der Waals surface area contributed by atoms with Gasteiger partial charge in [0.1, 0.15) is 0 Å². The van der Waals surface area contributed by atoms with E-state index in [2.05, 4.69) is 63.2 Å². The van der Waals surface area contributed by atoms with Crippen LogP contribution in [0.15, 0.2) is 58.3 Å². The summed E-state index contributed by atoms with van der Waals surface area (Å²) in [5.41, 5.74) is 7.68. The second kappa shape index (κ2) is 12.9. The number of rotatable bonds is 11. The van der Waals surface area contributed by atoms with Crippen LogP contribution in [0.2, 0.25) is 0 Å². The molecule has 3 nitrogen and oxygen atoms in total. The molecular formula is C24H36FN3. The molecule has 0 aliphatic heterocycles. The van der Waals surface area contributed by atoms with Gasteiger partial charge in [-0.1, -0.05) is 51.5 Å². The zero-order valence-corrected chi connectivity index (χ0v) is 18.3. The number of benzene rings is 1. The molecule has 0 spiro atoms. The Kier molecular flexibility index (Phi) is 10.9. The van der Waals surface area contributed by atoms with Crippen LogP contribution in [0.3, 0.4) is 0 Å². The first-order valence-corrected chi connectivity index (χ1v) is 10.2. The van der Waals surface area contributed by atoms with Gasteiger partial charge in [0.2, 0.25) is 0 Å². The van der Waals surface area contributed by atoms with Gasteiger partial charge in [0, 0.05) is 30.2 Å². The van der Waals surface area contributed by atoms with Crippen molar-refractivity contribution >= 4 is 17.6 Å². The molecule has 1 aromatic rings. The second-order valence-electron chi connectivity index (χ2n) is 7.24. The van der Waals surface area contributed by atoms with Gasteiger partial charge in [-0.2, -0.15) is 0 Å². The van der Waals surface area contributed by atoms with E-state index in [4.69, 9.17) is 0 Å². The van der Waals surface area contributed by atoms with E-state index in [-0.39, 0.29) is 0 Å². The number of anilines is 2. The quantitative estimate of drug-likeness (QED) is 0.236. The Bertz CT molecular complexity index is 727. The number of hydrogen-bond acceptors (Lipinski definition) is 3. The monoisotopic (exact) mass is 385 g/mol. The molecule has 154 valence electrons. The number of allylic oxidation sites excluding steroid dienone is 6. The molecule has 1 aromatic carbocycles. The van der Waals surface area contributed by atoms with Gasteiger partial charge in [-0.3, -0.25) is 4.99 Å². The lowest BCUT2D eigenvalue weighted by atomic mass is 9.92. The molecule has 0 heterocycles. The fourth-order valence-corrected chi connectivity index (χ4v) is 3.20. The van der Waals surface area contributed by atoms with Crippen molar-refractivity contribution in [2.24, 2.45) is 10.9 Å². The average molecular weight is 386 g/mol. The van der Waals surface area contributed by atoms with Gasteiger partial charge in [0.25, 0.3) is 0 Å². The van der Waals surface area contributed by atoms with Crippen LogP contribution in [-0.2, 0) is 0 Å². The van der Waals surface area contributed by atoms with E-state index in [0.717, 1.165) is 42.6 Å². The normalized spacial score (nSPS) is 13.5. The van der Waals surface area contributed by atoms with Crippen molar-refractivity contribution in [1.82, 2.24) is 0 Å². The predicted molar refractivity (Wildman–Crippen MR) is 123 cm³/mol. The Morgan fingerprint density at radius 2 is 1.93 bits per heavy atom. The van der Waals surface area contributed by atoms with Crippen molar-refractivity contribution in [2.75, 3.05) is 17.9 Å². The SMILES string of the molecule is CC/C=C\C/C(=C\CC)C/C(=C(\C)Nc1ccc(/C=N/C)c(NF)c1)C(C)C. The van der Waals surface area contributed by atoms with Crippen molar-refractivity contribution in [2.45, 2.75) is 60.3 Å². The molecular weight excluding hydrogens is 349 g/mol. The van der Waals surface area contributed by atoms with Gasteiger partial charge >= 0.3 is 0 Å². The van der Waals surface area contributed by atoms with Crippen LogP contribution in [0, 0.1) is 5.92 Å². The van der Waals surface area contributed by atoms with Crippen molar-refractivity contribution in [3.63, 3.8) is 0 Å². The van der Waals surface area contributed by atoms with Gasteiger partial charge in [0.05, 0.1) is 5.69 Å². The topological polar surface area (TPSA) is 36.4 Å². The van der Waals surface area contributed by atoms with Crippen molar-refractivity contribution in [3.05, 3.63) is 58.8 Å². The van der Waals surface area contributed by atoms with E-state index in [1.54, 1.807) is 24.9 Å². The first-order valence-electron chi connectivity index (χ1n) is 10.2. The first kappa shape index (κ1) is 23.7. The van der Waals surface area contributed by atoms with E-state index in [9.17, 15) is 4.48 Å². The maximum absolute atomic E-state index is 13.2. The summed E-state index contributed by atoms with van der Waals surface area (Å²) in [6.07, 6.45) is 12.5. The largest absolute Gasteiger partial charge is 0.359 e. The third-order valence-corrected chi connectivity index (χ3v) is 4.63. The Labute approximate surface area is 170 Å². The van der Waals surface area contributed by atoms with Crippen LogP contribution in [0.5, 0.6) is 0 Å². The molecule has 0 radical (unpaired) electrons. The highest BCUT2D eigenvalue weighted by Crippen LogP contribution is 2.27. The highest BCUT2D eigenvalue weighted by molar-refractivity contribution is 5.88. The molecule has 0 saturated heterocycles. The molecule has 0 atom stereocenters. The molecule has 0 aliphatic rings. The number of aliphatic imine (C=N–C) groups is 1. The van der Waals surface area contributed by atoms with E-state index >= 15 is 0 Å². The van der Waals surface area contributed by atoms with Crippen molar-refractivity contribution in [3.8, 4) is 0 Å². The van der Waals surface area contributed by atoms with Crippen LogP contribution in [0.1, 0.15) is 65.9 Å². The zero-order valence-electron chi connectivity index (χ0n) is 18.3. The minimum Gasteiger partial charge on any atom is -0.359 e. The molecule has 0 fully saturated rings. The summed E-state index contributed by atoms with van der Waals surface area (Å²) in [4.78, 5) is 3.96. The summed E-state index contributed by atoms with van der Waals surface area (Å²) >= 11 is 0. The Balaban J connectivity index is 3.10. The third-order valence-electron chi connectivity index (χ3n) is 4.63.